The van der Waals surface area contributed by atoms with Crippen LogP contribution in [-0.4, -0.2) is 54.4 Å². The van der Waals surface area contributed by atoms with Gasteiger partial charge in [0.05, 0.1) is 30.3 Å². The molecule has 0 amide bonds. The molecule has 0 saturated heterocycles. The SMILES string of the molecule is COCCn1c(CN(C)[C@@H](C)c2nccs2)cnc1S(=O)(=O)CC(C)(C)C. The minimum Gasteiger partial charge on any atom is -0.383 e. The summed E-state index contributed by atoms with van der Waals surface area (Å²) < 4.78 is 32.8. The Labute approximate surface area is 166 Å². The van der Waals surface area contributed by atoms with E-state index in [-0.39, 0.29) is 22.4 Å². The van der Waals surface area contributed by atoms with Crippen LogP contribution in [0.15, 0.2) is 22.9 Å². The van der Waals surface area contributed by atoms with E-state index >= 15 is 0 Å². The highest BCUT2D eigenvalue weighted by Crippen LogP contribution is 2.25. The second-order valence-electron chi connectivity index (χ2n) is 7.96. The van der Waals surface area contributed by atoms with Gasteiger partial charge in [0.2, 0.25) is 15.0 Å². The first-order chi connectivity index (χ1) is 12.5. The third kappa shape index (κ3) is 5.84. The van der Waals surface area contributed by atoms with E-state index in [0.29, 0.717) is 19.7 Å². The van der Waals surface area contributed by atoms with Gasteiger partial charge >= 0.3 is 0 Å². The van der Waals surface area contributed by atoms with Gasteiger partial charge in [-0.2, -0.15) is 0 Å². The van der Waals surface area contributed by atoms with Gasteiger partial charge in [0.1, 0.15) is 5.01 Å². The summed E-state index contributed by atoms with van der Waals surface area (Å²) in [4.78, 5) is 10.8. The van der Waals surface area contributed by atoms with Gasteiger partial charge in [0.15, 0.2) is 0 Å². The fourth-order valence-electron chi connectivity index (χ4n) is 2.84. The maximum atomic E-state index is 12.9. The van der Waals surface area contributed by atoms with Crippen LogP contribution in [-0.2, 0) is 27.7 Å². The largest absolute Gasteiger partial charge is 0.383 e. The van der Waals surface area contributed by atoms with Crippen LogP contribution >= 0.6 is 11.3 Å². The molecule has 2 aromatic heterocycles. The number of imidazole rings is 1. The molecule has 2 aromatic rings. The smallest absolute Gasteiger partial charge is 0.227 e. The summed E-state index contributed by atoms with van der Waals surface area (Å²) in [7, 11) is 0.121. The summed E-state index contributed by atoms with van der Waals surface area (Å²) in [5.41, 5.74) is 0.512. The average molecular weight is 415 g/mol. The van der Waals surface area contributed by atoms with Gasteiger partial charge in [-0.25, -0.2) is 18.4 Å². The minimum absolute atomic E-state index is 0.0504. The zero-order valence-corrected chi connectivity index (χ0v) is 18.6. The molecule has 1 atom stereocenters. The zero-order valence-electron chi connectivity index (χ0n) is 17.0. The van der Waals surface area contributed by atoms with E-state index in [1.807, 2.05) is 33.2 Å². The van der Waals surface area contributed by atoms with E-state index in [1.54, 1.807) is 35.4 Å². The zero-order chi connectivity index (χ0) is 20.2. The lowest BCUT2D eigenvalue weighted by atomic mass is 10.0. The summed E-state index contributed by atoms with van der Waals surface area (Å²) >= 11 is 1.61. The van der Waals surface area contributed by atoms with Crippen molar-refractivity contribution >= 4 is 21.2 Å². The number of sulfone groups is 1. The Balaban J connectivity index is 2.30. The van der Waals surface area contributed by atoms with Gasteiger partial charge in [-0.15, -0.1) is 11.3 Å². The predicted molar refractivity (Wildman–Crippen MR) is 108 cm³/mol. The van der Waals surface area contributed by atoms with Crippen LogP contribution < -0.4 is 0 Å². The second-order valence-corrected chi connectivity index (χ2v) is 10.8. The van der Waals surface area contributed by atoms with Crippen LogP contribution in [0.5, 0.6) is 0 Å². The van der Waals surface area contributed by atoms with Crippen molar-refractivity contribution < 1.29 is 13.2 Å². The molecule has 0 fully saturated rings. The molecule has 9 heteroatoms. The summed E-state index contributed by atoms with van der Waals surface area (Å²) in [5.74, 6) is 0.0504. The minimum atomic E-state index is -3.49. The van der Waals surface area contributed by atoms with E-state index in [4.69, 9.17) is 4.74 Å². The Hall–Kier alpha value is -1.29. The Morgan fingerprint density at radius 3 is 2.59 bits per heavy atom. The molecule has 0 aliphatic heterocycles. The molecule has 0 N–H and O–H groups in total. The average Bonchev–Trinajstić information content (AvgIpc) is 3.20. The number of aromatic nitrogens is 3. The van der Waals surface area contributed by atoms with Gasteiger partial charge in [-0.3, -0.25) is 4.90 Å². The van der Waals surface area contributed by atoms with E-state index in [2.05, 4.69) is 21.8 Å². The van der Waals surface area contributed by atoms with Crippen molar-refractivity contribution in [3.8, 4) is 0 Å². The summed E-state index contributed by atoms with van der Waals surface area (Å²) in [6.45, 7) is 9.28. The molecule has 27 heavy (non-hydrogen) atoms. The lowest BCUT2D eigenvalue weighted by Crippen LogP contribution is -2.27. The first-order valence-corrected chi connectivity index (χ1v) is 11.4. The molecular formula is C18H30N4O3S2. The van der Waals surface area contributed by atoms with E-state index in [1.165, 1.54) is 0 Å². The third-order valence-electron chi connectivity index (χ3n) is 4.20. The molecule has 0 spiro atoms. The molecule has 0 unspecified atom stereocenters. The second kappa shape index (κ2) is 8.81. The molecule has 7 nitrogen and oxygen atoms in total. The highest BCUT2D eigenvalue weighted by Gasteiger charge is 2.29. The molecule has 152 valence electrons. The third-order valence-corrected chi connectivity index (χ3v) is 7.28. The summed E-state index contributed by atoms with van der Waals surface area (Å²) in [6.07, 6.45) is 3.46. The Kier molecular flexibility index (Phi) is 7.18. The molecular weight excluding hydrogens is 384 g/mol. The van der Waals surface area contributed by atoms with Crippen molar-refractivity contribution in [1.82, 2.24) is 19.4 Å². The lowest BCUT2D eigenvalue weighted by molar-refractivity contribution is 0.180. The van der Waals surface area contributed by atoms with Crippen LogP contribution in [0, 0.1) is 5.41 Å². The quantitative estimate of drug-likeness (QED) is 0.628. The standard InChI is InChI=1S/C18H30N4O3S2/c1-14(16-19-7-10-26-16)21(5)12-15-11-20-17(22(15)8-9-25-6)27(23,24)13-18(2,3)4/h7,10-11,14H,8-9,12-13H2,1-6H3/t14-/m0/s1. The maximum absolute atomic E-state index is 12.9. The van der Waals surface area contributed by atoms with E-state index < -0.39 is 9.84 Å². The number of methoxy groups -OCH3 is 1. The van der Waals surface area contributed by atoms with Crippen molar-refractivity contribution in [3.05, 3.63) is 28.5 Å². The molecule has 2 heterocycles. The molecule has 0 aliphatic rings. The fourth-order valence-corrected chi connectivity index (χ4v) is 5.63. The highest BCUT2D eigenvalue weighted by molar-refractivity contribution is 7.91. The topological polar surface area (TPSA) is 77.3 Å². The van der Waals surface area contributed by atoms with E-state index in [0.717, 1.165) is 10.7 Å². The van der Waals surface area contributed by atoms with Crippen molar-refractivity contribution in [2.75, 3.05) is 26.5 Å². The van der Waals surface area contributed by atoms with Crippen molar-refractivity contribution in [2.45, 2.75) is 52.0 Å². The molecule has 0 aliphatic carbocycles. The number of nitrogens with zero attached hydrogens (tertiary/aromatic N) is 4. The van der Waals surface area contributed by atoms with Crippen LogP contribution in [0.3, 0.4) is 0 Å². The van der Waals surface area contributed by atoms with Crippen molar-refractivity contribution in [3.63, 3.8) is 0 Å². The van der Waals surface area contributed by atoms with Gasteiger partial charge in [-0.05, 0) is 19.4 Å². The highest BCUT2D eigenvalue weighted by atomic mass is 32.2. The Morgan fingerprint density at radius 2 is 2.04 bits per heavy atom. The van der Waals surface area contributed by atoms with Crippen molar-refractivity contribution in [2.24, 2.45) is 5.41 Å². The summed E-state index contributed by atoms with van der Waals surface area (Å²) in [5, 5.41) is 3.11. The Bertz CT molecular complexity index is 823. The Morgan fingerprint density at radius 1 is 1.33 bits per heavy atom. The molecule has 0 saturated carbocycles. The number of rotatable bonds is 9. The molecule has 2 rings (SSSR count). The number of hydrogen-bond donors (Lipinski definition) is 0. The van der Waals surface area contributed by atoms with Gasteiger partial charge in [0.25, 0.3) is 0 Å². The monoisotopic (exact) mass is 414 g/mol. The van der Waals surface area contributed by atoms with Crippen LogP contribution in [0.2, 0.25) is 0 Å². The first kappa shape index (κ1) is 22.0. The number of ether oxygens (including phenoxy) is 1. The van der Waals surface area contributed by atoms with Crippen LogP contribution in [0.1, 0.15) is 44.4 Å². The fraction of sp³-hybridized carbons (Fsp3) is 0.667. The maximum Gasteiger partial charge on any atom is 0.227 e. The van der Waals surface area contributed by atoms with Gasteiger partial charge in [0, 0.05) is 31.8 Å². The summed E-state index contributed by atoms with van der Waals surface area (Å²) in [6, 6.07) is 0.130. The van der Waals surface area contributed by atoms with Crippen LogP contribution in [0.4, 0.5) is 0 Å². The predicted octanol–water partition coefficient (Wildman–Crippen LogP) is 3.00. The first-order valence-electron chi connectivity index (χ1n) is 8.91. The van der Waals surface area contributed by atoms with Crippen molar-refractivity contribution in [1.29, 1.82) is 0 Å². The van der Waals surface area contributed by atoms with Crippen LogP contribution in [0.25, 0.3) is 0 Å². The van der Waals surface area contributed by atoms with E-state index in [9.17, 15) is 8.42 Å². The molecule has 0 radical (unpaired) electrons. The molecule has 0 bridgehead atoms. The van der Waals surface area contributed by atoms with Gasteiger partial charge < -0.3 is 9.30 Å². The van der Waals surface area contributed by atoms with Gasteiger partial charge in [-0.1, -0.05) is 20.8 Å². The number of hydrogen-bond acceptors (Lipinski definition) is 7. The normalized spacial score (nSPS) is 14.0. The number of thiazole rings is 1. The molecule has 0 aromatic carbocycles. The lowest BCUT2D eigenvalue weighted by Gasteiger charge is -2.24.